The molecule has 0 heterocycles. The first kappa shape index (κ1) is 10.2. The maximum absolute atomic E-state index is 2.29. The maximum atomic E-state index is 2.29. The molecule has 0 saturated carbocycles. The molecular weight excluding hydrogens is 180 g/mol. The molecule has 0 nitrogen and oxygen atoms in total. The second kappa shape index (κ2) is 4.48. The van der Waals surface area contributed by atoms with Crippen molar-refractivity contribution in [3.63, 3.8) is 0 Å². The van der Waals surface area contributed by atoms with Crippen molar-refractivity contribution in [2.75, 3.05) is 0 Å². The van der Waals surface area contributed by atoms with E-state index in [9.17, 15) is 0 Å². The molecule has 0 fully saturated rings. The van der Waals surface area contributed by atoms with Gasteiger partial charge in [-0.25, -0.2) is 0 Å². The van der Waals surface area contributed by atoms with E-state index in [0.717, 1.165) is 6.42 Å². The minimum absolute atomic E-state index is 1.11. The molecule has 2 rings (SSSR count). The van der Waals surface area contributed by atoms with Crippen LogP contribution in [0.4, 0.5) is 0 Å². The first-order chi connectivity index (χ1) is 7.28. The number of rotatable bonds is 3. The maximum Gasteiger partial charge on any atom is -0.00607 e. The van der Waals surface area contributed by atoms with Gasteiger partial charge in [-0.2, -0.15) is 0 Å². The third-order valence-electron chi connectivity index (χ3n) is 2.98. The van der Waals surface area contributed by atoms with Crippen LogP contribution in [0.3, 0.4) is 0 Å². The Morgan fingerprint density at radius 3 is 2.60 bits per heavy atom. The summed E-state index contributed by atoms with van der Waals surface area (Å²) in [5, 5.41) is 0. The molecule has 0 unspecified atom stereocenters. The molecule has 0 N–H and O–H groups in total. The van der Waals surface area contributed by atoms with Crippen molar-refractivity contribution in [3.05, 3.63) is 58.7 Å². The Morgan fingerprint density at radius 2 is 1.93 bits per heavy atom. The summed E-state index contributed by atoms with van der Waals surface area (Å²) in [5.41, 5.74) is 5.91. The predicted octanol–water partition coefficient (Wildman–Crippen LogP) is 4.20. The number of hydrogen-bond acceptors (Lipinski definition) is 0. The van der Waals surface area contributed by atoms with Crippen molar-refractivity contribution in [2.45, 2.75) is 33.1 Å². The highest BCUT2D eigenvalue weighted by Crippen LogP contribution is 2.24. The molecule has 1 aliphatic rings. The Labute approximate surface area is 92.3 Å². The minimum Gasteiger partial charge on any atom is -0.0664 e. The Morgan fingerprint density at radius 1 is 1.13 bits per heavy atom. The highest BCUT2D eigenvalue weighted by atomic mass is 14.1. The van der Waals surface area contributed by atoms with E-state index >= 15 is 0 Å². The van der Waals surface area contributed by atoms with Gasteiger partial charge in [-0.05, 0) is 31.7 Å². The topological polar surface area (TPSA) is 0 Å². The molecule has 0 spiro atoms. The van der Waals surface area contributed by atoms with Crippen LogP contribution in [0.15, 0.2) is 47.6 Å². The van der Waals surface area contributed by atoms with Crippen molar-refractivity contribution < 1.29 is 0 Å². The molecule has 0 aromatic heterocycles. The van der Waals surface area contributed by atoms with Crippen molar-refractivity contribution in [2.24, 2.45) is 0 Å². The normalized spacial score (nSPS) is 15.1. The molecule has 0 amide bonds. The van der Waals surface area contributed by atoms with Crippen LogP contribution in [-0.2, 0) is 6.42 Å². The zero-order valence-corrected chi connectivity index (χ0v) is 9.59. The number of hydrogen-bond donors (Lipinski definition) is 0. The summed E-state index contributed by atoms with van der Waals surface area (Å²) in [6.07, 6.45) is 8.06. The van der Waals surface area contributed by atoms with E-state index in [0.29, 0.717) is 0 Å². The molecule has 0 aliphatic heterocycles. The summed E-state index contributed by atoms with van der Waals surface area (Å²) in [6, 6.07) is 8.80. The van der Waals surface area contributed by atoms with E-state index in [1.54, 1.807) is 11.1 Å². The molecule has 0 radical (unpaired) electrons. The van der Waals surface area contributed by atoms with Crippen molar-refractivity contribution in [1.29, 1.82) is 0 Å². The first-order valence-electron chi connectivity index (χ1n) is 5.71. The van der Waals surface area contributed by atoms with Gasteiger partial charge >= 0.3 is 0 Å². The Balaban J connectivity index is 2.00. The molecule has 15 heavy (non-hydrogen) atoms. The second-order valence-electron chi connectivity index (χ2n) is 4.35. The van der Waals surface area contributed by atoms with Crippen LogP contribution in [0.1, 0.15) is 30.9 Å². The average molecular weight is 198 g/mol. The van der Waals surface area contributed by atoms with Crippen LogP contribution in [-0.4, -0.2) is 0 Å². The van der Waals surface area contributed by atoms with Crippen LogP contribution in [0.2, 0.25) is 0 Å². The molecule has 0 bridgehead atoms. The Bertz CT molecular complexity index is 408. The van der Waals surface area contributed by atoms with E-state index in [-0.39, 0.29) is 0 Å². The monoisotopic (exact) mass is 198 g/mol. The van der Waals surface area contributed by atoms with Gasteiger partial charge in [0.1, 0.15) is 0 Å². The Kier molecular flexibility index (Phi) is 3.05. The van der Waals surface area contributed by atoms with Gasteiger partial charge in [-0.3, -0.25) is 0 Å². The fraction of sp³-hybridized carbons (Fsp3) is 0.333. The van der Waals surface area contributed by atoms with Gasteiger partial charge in [0.25, 0.3) is 0 Å². The molecule has 78 valence electrons. The van der Waals surface area contributed by atoms with Gasteiger partial charge in [0.2, 0.25) is 0 Å². The lowest BCUT2D eigenvalue weighted by Gasteiger charge is -2.05. The zero-order valence-electron chi connectivity index (χ0n) is 9.59. The summed E-state index contributed by atoms with van der Waals surface area (Å²) in [6.45, 7) is 4.39. The fourth-order valence-electron chi connectivity index (χ4n) is 2.09. The van der Waals surface area contributed by atoms with Gasteiger partial charge in [0, 0.05) is 0 Å². The summed E-state index contributed by atoms with van der Waals surface area (Å²) in [7, 11) is 0. The third kappa shape index (κ3) is 2.59. The average Bonchev–Trinajstić information content (AvgIpc) is 2.65. The number of benzene rings is 1. The van der Waals surface area contributed by atoms with Crippen molar-refractivity contribution in [1.82, 2.24) is 0 Å². The zero-order chi connectivity index (χ0) is 10.7. The van der Waals surface area contributed by atoms with Crippen molar-refractivity contribution >= 4 is 0 Å². The summed E-state index contributed by atoms with van der Waals surface area (Å²) < 4.78 is 0. The first-order valence-corrected chi connectivity index (χ1v) is 5.71. The SMILES string of the molecule is CCC1=CC=C(Cc2cccc(C)c2)C1. The third-order valence-corrected chi connectivity index (χ3v) is 2.98. The van der Waals surface area contributed by atoms with Crippen LogP contribution in [0.25, 0.3) is 0 Å². The molecule has 1 aliphatic carbocycles. The van der Waals surface area contributed by atoms with Crippen LogP contribution < -0.4 is 0 Å². The lowest BCUT2D eigenvalue weighted by Crippen LogP contribution is -1.90. The van der Waals surface area contributed by atoms with Crippen LogP contribution in [0, 0.1) is 6.92 Å². The van der Waals surface area contributed by atoms with E-state index < -0.39 is 0 Å². The van der Waals surface area contributed by atoms with E-state index in [1.165, 1.54) is 24.0 Å². The summed E-state index contributed by atoms with van der Waals surface area (Å²) in [4.78, 5) is 0. The lowest BCUT2D eigenvalue weighted by atomic mass is 10.0. The number of aryl methyl sites for hydroxylation is 1. The van der Waals surface area contributed by atoms with E-state index in [4.69, 9.17) is 0 Å². The summed E-state index contributed by atoms with van der Waals surface area (Å²) >= 11 is 0. The molecular formula is C15H18. The van der Waals surface area contributed by atoms with Gasteiger partial charge < -0.3 is 0 Å². The fourth-order valence-corrected chi connectivity index (χ4v) is 2.09. The van der Waals surface area contributed by atoms with Crippen LogP contribution in [0.5, 0.6) is 0 Å². The van der Waals surface area contributed by atoms with Gasteiger partial charge in [0.15, 0.2) is 0 Å². The summed E-state index contributed by atoms with van der Waals surface area (Å²) in [5.74, 6) is 0. The van der Waals surface area contributed by atoms with Gasteiger partial charge in [-0.1, -0.05) is 60.1 Å². The number of allylic oxidation sites excluding steroid dienone is 4. The minimum atomic E-state index is 1.11. The van der Waals surface area contributed by atoms with E-state index in [1.807, 2.05) is 0 Å². The molecule has 0 heteroatoms. The largest absolute Gasteiger partial charge is 0.0664 e. The van der Waals surface area contributed by atoms with Gasteiger partial charge in [-0.15, -0.1) is 0 Å². The smallest absolute Gasteiger partial charge is 0.00607 e. The molecule has 1 aromatic carbocycles. The molecule has 0 saturated heterocycles. The quantitative estimate of drug-likeness (QED) is 0.682. The van der Waals surface area contributed by atoms with Crippen LogP contribution >= 0.6 is 0 Å². The van der Waals surface area contributed by atoms with Gasteiger partial charge in [0.05, 0.1) is 0 Å². The second-order valence-corrected chi connectivity index (χ2v) is 4.35. The van der Waals surface area contributed by atoms with Crippen molar-refractivity contribution in [3.8, 4) is 0 Å². The van der Waals surface area contributed by atoms with E-state index in [2.05, 4.69) is 50.3 Å². The Hall–Kier alpha value is -1.30. The predicted molar refractivity (Wildman–Crippen MR) is 66.0 cm³/mol. The molecule has 1 aromatic rings. The highest BCUT2D eigenvalue weighted by molar-refractivity contribution is 5.35. The standard InChI is InChI=1S/C15H18/c1-3-13-7-8-15(10-13)11-14-6-4-5-12(2)9-14/h4-9H,3,10-11H2,1-2H3. The molecule has 0 atom stereocenters. The highest BCUT2D eigenvalue weighted by Gasteiger charge is 2.07. The lowest BCUT2D eigenvalue weighted by molar-refractivity contribution is 0.975.